The Hall–Kier alpha value is -0.890. The van der Waals surface area contributed by atoms with Gasteiger partial charge in [-0.3, -0.25) is 4.98 Å². The molecule has 1 N–H and O–H groups in total. The third-order valence-corrected chi connectivity index (χ3v) is 2.55. The first-order valence-electron chi connectivity index (χ1n) is 5.80. The van der Waals surface area contributed by atoms with Gasteiger partial charge in [0.25, 0.3) is 0 Å². The Morgan fingerprint density at radius 2 is 2.07 bits per heavy atom. The molecule has 84 valence electrons. The van der Waals surface area contributed by atoms with Crippen LogP contribution in [0.1, 0.15) is 39.2 Å². The highest BCUT2D eigenvalue weighted by molar-refractivity contribution is 5.07. The van der Waals surface area contributed by atoms with Crippen LogP contribution in [-0.2, 0) is 6.54 Å². The lowest BCUT2D eigenvalue weighted by atomic mass is 10.0. The molecule has 0 aliphatic heterocycles. The molecule has 1 aromatic heterocycles. The van der Waals surface area contributed by atoms with Crippen LogP contribution >= 0.6 is 0 Å². The Balaban J connectivity index is 2.19. The summed E-state index contributed by atoms with van der Waals surface area (Å²) in [7, 11) is 0. The standard InChI is InChI=1S/C13H22N2/c1-11(2)6-7-12(3)15-10-13-5-4-8-14-9-13/h4-5,8-9,11-12,15H,6-7,10H2,1-3H3. The van der Waals surface area contributed by atoms with E-state index in [4.69, 9.17) is 0 Å². The van der Waals surface area contributed by atoms with E-state index in [0.717, 1.165) is 12.5 Å². The number of hydrogen-bond donors (Lipinski definition) is 1. The molecule has 0 radical (unpaired) electrons. The van der Waals surface area contributed by atoms with Gasteiger partial charge in [-0.1, -0.05) is 19.9 Å². The molecule has 0 fully saturated rings. The monoisotopic (exact) mass is 206 g/mol. The number of pyridine rings is 1. The molecule has 1 unspecified atom stereocenters. The molecule has 0 saturated heterocycles. The zero-order chi connectivity index (χ0) is 11.1. The molecule has 2 heteroatoms. The Morgan fingerprint density at radius 3 is 2.67 bits per heavy atom. The lowest BCUT2D eigenvalue weighted by Crippen LogP contribution is -2.25. The van der Waals surface area contributed by atoms with Crippen molar-refractivity contribution in [1.82, 2.24) is 10.3 Å². The Kier molecular flexibility index (Phi) is 5.33. The van der Waals surface area contributed by atoms with Crippen LogP contribution in [0.5, 0.6) is 0 Å². The van der Waals surface area contributed by atoms with E-state index in [2.05, 4.69) is 37.1 Å². The molecule has 1 heterocycles. The van der Waals surface area contributed by atoms with Gasteiger partial charge in [0.15, 0.2) is 0 Å². The molecule has 0 aliphatic rings. The summed E-state index contributed by atoms with van der Waals surface area (Å²) >= 11 is 0. The van der Waals surface area contributed by atoms with Crippen LogP contribution in [0.15, 0.2) is 24.5 Å². The molecule has 0 aromatic carbocycles. The van der Waals surface area contributed by atoms with Gasteiger partial charge in [0.1, 0.15) is 0 Å². The predicted octanol–water partition coefficient (Wildman–Crippen LogP) is 3.00. The van der Waals surface area contributed by atoms with Crippen molar-refractivity contribution in [3.8, 4) is 0 Å². The van der Waals surface area contributed by atoms with E-state index in [1.807, 2.05) is 18.5 Å². The molecule has 0 spiro atoms. The first-order valence-corrected chi connectivity index (χ1v) is 5.80. The smallest absolute Gasteiger partial charge is 0.0312 e. The number of nitrogens with zero attached hydrogens (tertiary/aromatic N) is 1. The topological polar surface area (TPSA) is 24.9 Å². The first-order chi connectivity index (χ1) is 7.18. The van der Waals surface area contributed by atoms with Crippen molar-refractivity contribution in [3.63, 3.8) is 0 Å². The summed E-state index contributed by atoms with van der Waals surface area (Å²) in [5.74, 6) is 0.799. The second kappa shape index (κ2) is 6.57. The average Bonchev–Trinajstić information content (AvgIpc) is 2.25. The fraction of sp³-hybridized carbons (Fsp3) is 0.615. The second-order valence-corrected chi connectivity index (χ2v) is 4.61. The number of hydrogen-bond acceptors (Lipinski definition) is 2. The van der Waals surface area contributed by atoms with Gasteiger partial charge in [-0.15, -0.1) is 0 Å². The molecule has 2 nitrogen and oxygen atoms in total. The Bertz CT molecular complexity index is 256. The molecule has 0 amide bonds. The van der Waals surface area contributed by atoms with Gasteiger partial charge in [0.2, 0.25) is 0 Å². The molecule has 1 atom stereocenters. The number of aromatic nitrogens is 1. The largest absolute Gasteiger partial charge is 0.310 e. The van der Waals surface area contributed by atoms with Gasteiger partial charge < -0.3 is 5.32 Å². The minimum absolute atomic E-state index is 0.590. The van der Waals surface area contributed by atoms with Crippen LogP contribution in [0.4, 0.5) is 0 Å². The van der Waals surface area contributed by atoms with Gasteiger partial charge in [-0.2, -0.15) is 0 Å². The molecular formula is C13H22N2. The fourth-order valence-electron chi connectivity index (χ4n) is 1.48. The summed E-state index contributed by atoms with van der Waals surface area (Å²) in [6.07, 6.45) is 6.27. The van der Waals surface area contributed by atoms with Gasteiger partial charge in [0, 0.05) is 25.0 Å². The van der Waals surface area contributed by atoms with Crippen LogP contribution in [0.2, 0.25) is 0 Å². The molecule has 15 heavy (non-hydrogen) atoms. The van der Waals surface area contributed by atoms with Gasteiger partial charge in [-0.25, -0.2) is 0 Å². The Morgan fingerprint density at radius 1 is 1.27 bits per heavy atom. The van der Waals surface area contributed by atoms with Crippen LogP contribution in [0.25, 0.3) is 0 Å². The summed E-state index contributed by atoms with van der Waals surface area (Å²) in [5, 5.41) is 3.51. The van der Waals surface area contributed by atoms with E-state index in [9.17, 15) is 0 Å². The van der Waals surface area contributed by atoms with E-state index >= 15 is 0 Å². The fourth-order valence-corrected chi connectivity index (χ4v) is 1.48. The highest BCUT2D eigenvalue weighted by Crippen LogP contribution is 2.07. The number of nitrogens with one attached hydrogen (secondary N) is 1. The maximum atomic E-state index is 4.10. The van der Waals surface area contributed by atoms with Crippen molar-refractivity contribution in [2.45, 2.75) is 46.2 Å². The molecule has 0 saturated carbocycles. The summed E-state index contributed by atoms with van der Waals surface area (Å²) in [6.45, 7) is 7.72. The quantitative estimate of drug-likeness (QED) is 0.774. The van der Waals surface area contributed by atoms with E-state index in [0.29, 0.717) is 6.04 Å². The third-order valence-electron chi connectivity index (χ3n) is 2.55. The van der Waals surface area contributed by atoms with Crippen LogP contribution in [0.3, 0.4) is 0 Å². The normalized spacial score (nSPS) is 13.1. The SMILES string of the molecule is CC(C)CCC(C)NCc1cccnc1. The molecule has 1 rings (SSSR count). The van der Waals surface area contributed by atoms with E-state index in [1.54, 1.807) is 0 Å². The average molecular weight is 206 g/mol. The van der Waals surface area contributed by atoms with Gasteiger partial charge >= 0.3 is 0 Å². The maximum Gasteiger partial charge on any atom is 0.0312 e. The summed E-state index contributed by atoms with van der Waals surface area (Å²) in [4.78, 5) is 4.10. The Labute approximate surface area is 93.1 Å². The summed E-state index contributed by atoms with van der Waals surface area (Å²) < 4.78 is 0. The van der Waals surface area contributed by atoms with Crippen molar-refractivity contribution < 1.29 is 0 Å². The van der Waals surface area contributed by atoms with E-state index < -0.39 is 0 Å². The zero-order valence-corrected chi connectivity index (χ0v) is 10.0. The van der Waals surface area contributed by atoms with Crippen molar-refractivity contribution in [2.75, 3.05) is 0 Å². The van der Waals surface area contributed by atoms with Crippen molar-refractivity contribution in [1.29, 1.82) is 0 Å². The van der Waals surface area contributed by atoms with Crippen molar-refractivity contribution in [2.24, 2.45) is 5.92 Å². The molecule has 1 aromatic rings. The van der Waals surface area contributed by atoms with Crippen LogP contribution < -0.4 is 5.32 Å². The molecule has 0 bridgehead atoms. The highest BCUT2D eigenvalue weighted by Gasteiger charge is 2.02. The van der Waals surface area contributed by atoms with Crippen molar-refractivity contribution >= 4 is 0 Å². The van der Waals surface area contributed by atoms with Gasteiger partial charge in [0.05, 0.1) is 0 Å². The van der Waals surface area contributed by atoms with Crippen LogP contribution in [-0.4, -0.2) is 11.0 Å². The van der Waals surface area contributed by atoms with Crippen LogP contribution in [0, 0.1) is 5.92 Å². The second-order valence-electron chi connectivity index (χ2n) is 4.61. The molecule has 0 aliphatic carbocycles. The predicted molar refractivity (Wildman–Crippen MR) is 64.6 cm³/mol. The molecular weight excluding hydrogens is 184 g/mol. The lowest BCUT2D eigenvalue weighted by molar-refractivity contribution is 0.450. The van der Waals surface area contributed by atoms with E-state index in [1.165, 1.54) is 18.4 Å². The third kappa shape index (κ3) is 5.53. The first kappa shape index (κ1) is 12.2. The maximum absolute atomic E-state index is 4.10. The number of rotatable bonds is 6. The minimum Gasteiger partial charge on any atom is -0.310 e. The summed E-state index contributed by atoms with van der Waals surface area (Å²) in [6, 6.07) is 4.68. The zero-order valence-electron chi connectivity index (χ0n) is 10.0. The lowest BCUT2D eigenvalue weighted by Gasteiger charge is -2.14. The van der Waals surface area contributed by atoms with E-state index in [-0.39, 0.29) is 0 Å². The minimum atomic E-state index is 0.590. The van der Waals surface area contributed by atoms with Gasteiger partial charge in [-0.05, 0) is 37.3 Å². The van der Waals surface area contributed by atoms with Crippen molar-refractivity contribution in [3.05, 3.63) is 30.1 Å². The highest BCUT2D eigenvalue weighted by atomic mass is 14.9. The summed E-state index contributed by atoms with van der Waals surface area (Å²) in [5.41, 5.74) is 1.26.